The Morgan fingerprint density at radius 3 is 2.47 bits per heavy atom. The van der Waals surface area contributed by atoms with Gasteiger partial charge in [0.2, 0.25) is 5.91 Å². The molecule has 0 aliphatic rings. The topological polar surface area (TPSA) is 116 Å². The van der Waals surface area contributed by atoms with Crippen LogP contribution in [0.4, 0.5) is 0 Å². The Balaban J connectivity index is 1.59. The van der Waals surface area contributed by atoms with Gasteiger partial charge in [-0.25, -0.2) is 0 Å². The normalized spacial score (nSPS) is 12.0. The van der Waals surface area contributed by atoms with E-state index >= 15 is 0 Å². The number of H-pyrrole nitrogens is 1. The minimum absolute atomic E-state index is 0.0710. The summed E-state index contributed by atoms with van der Waals surface area (Å²) in [5.41, 5.74) is 4.47. The predicted molar refractivity (Wildman–Crippen MR) is 139 cm³/mol. The van der Waals surface area contributed by atoms with Gasteiger partial charge in [-0.1, -0.05) is 60.7 Å². The van der Waals surface area contributed by atoms with Gasteiger partial charge in [-0.15, -0.1) is 0 Å². The first kappa shape index (κ1) is 24.7. The van der Waals surface area contributed by atoms with Crippen LogP contribution < -0.4 is 15.4 Å². The Morgan fingerprint density at radius 1 is 1.06 bits per heavy atom. The molecule has 0 saturated carbocycles. The number of aromatic nitrogens is 2. The highest BCUT2D eigenvalue weighted by Gasteiger charge is 2.21. The molecule has 0 spiro atoms. The minimum Gasteiger partial charge on any atom is -0.495 e. The second kappa shape index (κ2) is 11.3. The lowest BCUT2D eigenvalue weighted by atomic mass is 10.0. The number of aliphatic hydroxyl groups is 1. The van der Waals surface area contributed by atoms with Crippen LogP contribution in [0.1, 0.15) is 45.7 Å². The van der Waals surface area contributed by atoms with Crippen molar-refractivity contribution in [2.45, 2.75) is 19.5 Å². The van der Waals surface area contributed by atoms with Crippen molar-refractivity contribution >= 4 is 34.9 Å². The van der Waals surface area contributed by atoms with Crippen molar-refractivity contribution in [3.05, 3.63) is 94.7 Å². The second-order valence-corrected chi connectivity index (χ2v) is 8.28. The number of nitrogens with zero attached hydrogens (tertiary/aromatic N) is 1. The maximum atomic E-state index is 13.2. The van der Waals surface area contributed by atoms with E-state index in [0.717, 1.165) is 22.2 Å². The van der Waals surface area contributed by atoms with Crippen molar-refractivity contribution in [3.63, 3.8) is 0 Å². The van der Waals surface area contributed by atoms with Crippen molar-refractivity contribution < 1.29 is 19.4 Å². The number of fused-ring (bicyclic) bond motifs is 1. The van der Waals surface area contributed by atoms with E-state index < -0.39 is 6.04 Å². The number of ether oxygens (including phenoxy) is 1. The summed E-state index contributed by atoms with van der Waals surface area (Å²) in [5.74, 6) is -0.0327. The van der Waals surface area contributed by atoms with Crippen molar-refractivity contribution in [3.8, 4) is 5.75 Å². The van der Waals surface area contributed by atoms with Gasteiger partial charge in [0.25, 0.3) is 5.91 Å². The van der Waals surface area contributed by atoms with E-state index in [1.54, 1.807) is 12.1 Å². The lowest BCUT2D eigenvalue weighted by molar-refractivity contribution is -0.119. The number of aromatic amines is 1. The zero-order valence-electron chi connectivity index (χ0n) is 20.1. The zero-order valence-corrected chi connectivity index (χ0v) is 20.1. The molecule has 0 saturated heterocycles. The quantitative estimate of drug-likeness (QED) is 0.288. The molecule has 8 nitrogen and oxygen atoms in total. The molecule has 184 valence electrons. The molecule has 8 heteroatoms. The van der Waals surface area contributed by atoms with Crippen LogP contribution in [-0.4, -0.2) is 40.8 Å². The predicted octanol–water partition coefficient (Wildman–Crippen LogP) is 3.84. The van der Waals surface area contributed by atoms with Crippen molar-refractivity contribution in [1.29, 1.82) is 0 Å². The van der Waals surface area contributed by atoms with E-state index in [9.17, 15) is 14.7 Å². The van der Waals surface area contributed by atoms with Gasteiger partial charge in [-0.2, -0.15) is 5.10 Å². The average Bonchev–Trinajstić information content (AvgIpc) is 3.33. The highest BCUT2D eigenvalue weighted by molar-refractivity contribution is 6.05. The van der Waals surface area contributed by atoms with E-state index in [1.165, 1.54) is 14.0 Å². The Kier molecular flexibility index (Phi) is 7.77. The van der Waals surface area contributed by atoms with E-state index in [1.807, 2.05) is 66.7 Å². The summed E-state index contributed by atoms with van der Waals surface area (Å²) in [6.45, 7) is 1.74. The van der Waals surface area contributed by atoms with E-state index in [2.05, 4.69) is 20.8 Å². The lowest BCUT2D eigenvalue weighted by Gasteiger charge is -2.18. The molecular weight excluding hydrogens is 456 g/mol. The fourth-order valence-corrected chi connectivity index (χ4v) is 3.92. The number of methoxy groups -OCH3 is 1. The number of hydrogen-bond acceptors (Lipinski definition) is 5. The molecular formula is C28H28N4O4. The zero-order chi connectivity index (χ0) is 25.5. The SMILES string of the molecule is COc1c(C(=O)N[C@H](CO)c2ccccc2)ccc2[nH]nc(C=Cc3ccc(CNC(C)=O)cc3)c12. The number of amides is 2. The molecule has 0 aliphatic carbocycles. The molecule has 36 heavy (non-hydrogen) atoms. The van der Waals surface area contributed by atoms with Crippen molar-refractivity contribution in [1.82, 2.24) is 20.8 Å². The van der Waals surface area contributed by atoms with Crippen LogP contribution in [0.25, 0.3) is 23.1 Å². The molecule has 0 aliphatic heterocycles. The van der Waals surface area contributed by atoms with Crippen LogP contribution in [0, 0.1) is 0 Å². The van der Waals surface area contributed by atoms with Crippen molar-refractivity contribution in [2.75, 3.05) is 13.7 Å². The monoisotopic (exact) mass is 484 g/mol. The highest BCUT2D eigenvalue weighted by atomic mass is 16.5. The highest BCUT2D eigenvalue weighted by Crippen LogP contribution is 2.32. The Labute approximate surface area is 209 Å². The molecule has 0 fully saturated rings. The Hall–Kier alpha value is -4.43. The van der Waals surface area contributed by atoms with Crippen LogP contribution in [0.2, 0.25) is 0 Å². The van der Waals surface area contributed by atoms with Crippen LogP contribution in [-0.2, 0) is 11.3 Å². The number of aliphatic hydroxyl groups excluding tert-OH is 1. The molecule has 1 aromatic heterocycles. The summed E-state index contributed by atoms with van der Waals surface area (Å²) >= 11 is 0. The first-order valence-electron chi connectivity index (χ1n) is 11.5. The Bertz CT molecular complexity index is 1380. The molecule has 0 radical (unpaired) electrons. The number of rotatable bonds is 9. The molecule has 4 rings (SSSR count). The third kappa shape index (κ3) is 5.61. The third-order valence-corrected chi connectivity index (χ3v) is 5.80. The van der Waals surface area contributed by atoms with Gasteiger partial charge in [0.05, 0.1) is 41.9 Å². The van der Waals surface area contributed by atoms with Gasteiger partial charge < -0.3 is 20.5 Å². The standard InChI is InChI=1S/C28H28N4O4/c1-18(34)29-16-20-10-8-19(9-11-20)12-14-23-26-24(32-31-23)15-13-22(27(26)36-2)28(35)30-25(17-33)21-6-4-3-5-7-21/h3-15,25,33H,16-17H2,1-2H3,(H,29,34)(H,30,35)(H,31,32)/t25-/m1/s1. The largest absolute Gasteiger partial charge is 0.495 e. The lowest BCUT2D eigenvalue weighted by Crippen LogP contribution is -2.31. The van der Waals surface area contributed by atoms with Crippen LogP contribution in [0.5, 0.6) is 5.75 Å². The van der Waals surface area contributed by atoms with Gasteiger partial charge >= 0.3 is 0 Å². The number of hydrogen-bond donors (Lipinski definition) is 4. The summed E-state index contributed by atoms with van der Waals surface area (Å²) in [6, 6.07) is 20.0. The summed E-state index contributed by atoms with van der Waals surface area (Å²) in [5, 5.41) is 23.6. The van der Waals surface area contributed by atoms with Gasteiger partial charge in [0, 0.05) is 13.5 Å². The first-order valence-corrected chi connectivity index (χ1v) is 11.5. The van der Waals surface area contributed by atoms with Gasteiger partial charge in [-0.3, -0.25) is 14.7 Å². The maximum absolute atomic E-state index is 13.2. The molecule has 2 amide bonds. The maximum Gasteiger partial charge on any atom is 0.255 e. The molecule has 4 aromatic rings. The van der Waals surface area contributed by atoms with Gasteiger partial charge in [0.15, 0.2) is 0 Å². The van der Waals surface area contributed by atoms with E-state index in [-0.39, 0.29) is 18.4 Å². The first-order chi connectivity index (χ1) is 17.5. The summed E-state index contributed by atoms with van der Waals surface area (Å²) in [6.07, 6.45) is 3.77. The third-order valence-electron chi connectivity index (χ3n) is 5.80. The molecule has 4 N–H and O–H groups in total. The van der Waals surface area contributed by atoms with Crippen LogP contribution >= 0.6 is 0 Å². The minimum atomic E-state index is -0.545. The van der Waals surface area contributed by atoms with Crippen molar-refractivity contribution in [2.24, 2.45) is 0 Å². The summed E-state index contributed by atoms with van der Waals surface area (Å²) in [7, 11) is 1.51. The number of carbonyl (C=O) groups excluding carboxylic acids is 2. The summed E-state index contributed by atoms with van der Waals surface area (Å²) in [4.78, 5) is 24.3. The molecule has 0 unspecified atom stereocenters. The second-order valence-electron chi connectivity index (χ2n) is 8.28. The molecule has 1 atom stereocenters. The van der Waals surface area contributed by atoms with E-state index in [0.29, 0.717) is 28.9 Å². The van der Waals surface area contributed by atoms with Gasteiger partial charge in [-0.05, 0) is 34.9 Å². The molecule has 1 heterocycles. The van der Waals surface area contributed by atoms with Crippen LogP contribution in [0.3, 0.4) is 0 Å². The fourth-order valence-electron chi connectivity index (χ4n) is 3.92. The Morgan fingerprint density at radius 2 is 1.81 bits per heavy atom. The average molecular weight is 485 g/mol. The summed E-state index contributed by atoms with van der Waals surface area (Å²) < 4.78 is 5.66. The smallest absolute Gasteiger partial charge is 0.255 e. The van der Waals surface area contributed by atoms with Gasteiger partial charge in [0.1, 0.15) is 5.75 Å². The van der Waals surface area contributed by atoms with E-state index in [4.69, 9.17) is 4.74 Å². The fraction of sp³-hybridized carbons (Fsp3) is 0.179. The number of benzene rings is 3. The molecule has 0 bridgehead atoms. The number of nitrogens with one attached hydrogen (secondary N) is 3. The number of carbonyl (C=O) groups is 2. The molecule has 3 aromatic carbocycles. The van der Waals surface area contributed by atoms with Crippen LogP contribution in [0.15, 0.2) is 66.7 Å².